The Bertz CT molecular complexity index is 333. The van der Waals surface area contributed by atoms with E-state index in [2.05, 4.69) is 36.5 Å². The summed E-state index contributed by atoms with van der Waals surface area (Å²) in [5, 5.41) is 3.28. The van der Waals surface area contributed by atoms with Gasteiger partial charge in [-0.1, -0.05) is 37.3 Å². The zero-order chi connectivity index (χ0) is 14.1. The van der Waals surface area contributed by atoms with E-state index in [9.17, 15) is 0 Å². The van der Waals surface area contributed by atoms with Crippen molar-refractivity contribution in [1.82, 2.24) is 5.32 Å². The summed E-state index contributed by atoms with van der Waals surface area (Å²) in [6.45, 7) is 2.92. The first-order valence-electron chi connectivity index (χ1n) is 6.81. The van der Waals surface area contributed by atoms with Gasteiger partial charge in [-0.2, -0.15) is 0 Å². The molecule has 0 fully saturated rings. The molecule has 4 nitrogen and oxygen atoms in total. The lowest BCUT2D eigenvalue weighted by Gasteiger charge is -2.28. The molecule has 1 aromatic rings. The van der Waals surface area contributed by atoms with Crippen LogP contribution in [0.15, 0.2) is 30.3 Å². The minimum atomic E-state index is -1.73. The first kappa shape index (κ1) is 16.3. The van der Waals surface area contributed by atoms with Crippen LogP contribution >= 0.6 is 0 Å². The Morgan fingerprint density at radius 3 is 2.37 bits per heavy atom. The number of hydrogen-bond donors (Lipinski definition) is 2. The summed E-state index contributed by atoms with van der Waals surface area (Å²) < 4.78 is 11.0. The lowest BCUT2D eigenvalue weighted by Crippen LogP contribution is -2.47. The molecule has 0 spiro atoms. The van der Waals surface area contributed by atoms with Crippen LogP contribution in [0, 0.1) is 0 Å². The molecule has 0 aliphatic carbocycles. The average Bonchev–Trinajstić information content (AvgIpc) is 2.44. The highest BCUT2D eigenvalue weighted by Crippen LogP contribution is 2.21. The maximum atomic E-state index is 6.21. The van der Waals surface area contributed by atoms with E-state index < -0.39 is 9.28 Å². The van der Waals surface area contributed by atoms with Crippen molar-refractivity contribution in [3.63, 3.8) is 0 Å². The van der Waals surface area contributed by atoms with E-state index in [4.69, 9.17) is 14.6 Å². The van der Waals surface area contributed by atoms with Gasteiger partial charge in [0.05, 0.1) is 6.17 Å². The maximum Gasteiger partial charge on any atom is 0.327 e. The van der Waals surface area contributed by atoms with Crippen LogP contribution in [0.1, 0.15) is 18.9 Å². The summed E-state index contributed by atoms with van der Waals surface area (Å²) >= 11 is 0. The average molecular weight is 282 g/mol. The fourth-order valence-corrected chi connectivity index (χ4v) is 4.10. The smallest absolute Gasteiger partial charge is 0.327 e. The molecule has 1 rings (SSSR count). The number of nitrogens with one attached hydrogen (secondary N) is 1. The summed E-state index contributed by atoms with van der Waals surface area (Å²) in [7, 11) is 1.71. The molecule has 0 aliphatic heterocycles. The summed E-state index contributed by atoms with van der Waals surface area (Å²) in [5.41, 5.74) is 7.80. The predicted octanol–water partition coefficient (Wildman–Crippen LogP) is 1.40. The highest BCUT2D eigenvalue weighted by atomic mass is 28.3. The van der Waals surface area contributed by atoms with Gasteiger partial charge in [-0.15, -0.1) is 0 Å². The van der Waals surface area contributed by atoms with Crippen molar-refractivity contribution in [2.75, 3.05) is 20.8 Å². The van der Waals surface area contributed by atoms with Gasteiger partial charge in [-0.05, 0) is 24.9 Å². The topological polar surface area (TPSA) is 56.5 Å². The number of benzene rings is 1. The van der Waals surface area contributed by atoms with Crippen LogP contribution in [0.2, 0.25) is 5.54 Å². The van der Waals surface area contributed by atoms with Crippen LogP contribution < -0.4 is 11.1 Å². The summed E-state index contributed by atoms with van der Waals surface area (Å²) in [6.07, 6.45) is 1.92. The molecule has 0 radical (unpaired) electrons. The van der Waals surface area contributed by atoms with Crippen molar-refractivity contribution >= 4 is 9.28 Å². The van der Waals surface area contributed by atoms with E-state index in [-0.39, 0.29) is 11.7 Å². The van der Waals surface area contributed by atoms with Crippen LogP contribution in [0.4, 0.5) is 0 Å². The van der Waals surface area contributed by atoms with Crippen molar-refractivity contribution in [2.24, 2.45) is 5.73 Å². The molecule has 2 atom stereocenters. The van der Waals surface area contributed by atoms with Gasteiger partial charge in [-0.25, -0.2) is 0 Å². The van der Waals surface area contributed by atoms with Crippen molar-refractivity contribution in [3.05, 3.63) is 35.9 Å². The number of hydrogen-bond acceptors (Lipinski definition) is 4. The molecule has 0 bridgehead atoms. The third-order valence-corrected chi connectivity index (χ3v) is 5.70. The standard InChI is InChI=1S/C14H26N2O2Si/c1-4-16-14(15)13(19(17-2)18-3)11-10-12-8-6-5-7-9-12/h5-9,13-14,16,19H,4,10-11,15H2,1-3H3. The summed E-state index contributed by atoms with van der Waals surface area (Å²) in [6, 6.07) is 10.5. The van der Waals surface area contributed by atoms with Gasteiger partial charge < -0.3 is 19.9 Å². The lowest BCUT2D eigenvalue weighted by atomic mass is 10.1. The second kappa shape index (κ2) is 9.22. The Balaban J connectivity index is 2.63. The van der Waals surface area contributed by atoms with Crippen LogP contribution in [-0.4, -0.2) is 36.2 Å². The van der Waals surface area contributed by atoms with E-state index in [1.165, 1.54) is 5.56 Å². The molecule has 0 heterocycles. The van der Waals surface area contributed by atoms with E-state index in [1.807, 2.05) is 6.07 Å². The van der Waals surface area contributed by atoms with Crippen molar-refractivity contribution in [2.45, 2.75) is 31.5 Å². The zero-order valence-corrected chi connectivity index (χ0v) is 13.3. The zero-order valence-electron chi connectivity index (χ0n) is 12.1. The normalized spacial score (nSPS) is 14.6. The Labute approximate surface area is 118 Å². The molecular formula is C14H26N2O2Si. The van der Waals surface area contributed by atoms with Gasteiger partial charge in [0.15, 0.2) is 0 Å². The van der Waals surface area contributed by atoms with Gasteiger partial charge in [0, 0.05) is 19.8 Å². The summed E-state index contributed by atoms with van der Waals surface area (Å²) in [4.78, 5) is 0. The third-order valence-electron chi connectivity index (χ3n) is 3.32. The molecule has 2 unspecified atom stereocenters. The van der Waals surface area contributed by atoms with Crippen LogP contribution in [0.25, 0.3) is 0 Å². The van der Waals surface area contributed by atoms with Gasteiger partial charge in [0.1, 0.15) is 0 Å². The Hall–Kier alpha value is -0.723. The number of rotatable bonds is 9. The molecule has 19 heavy (non-hydrogen) atoms. The van der Waals surface area contributed by atoms with E-state index >= 15 is 0 Å². The van der Waals surface area contributed by atoms with Gasteiger partial charge in [0.25, 0.3) is 0 Å². The molecule has 5 heteroatoms. The molecular weight excluding hydrogens is 256 g/mol. The quantitative estimate of drug-likeness (QED) is 0.531. The third kappa shape index (κ3) is 5.42. The molecule has 3 N–H and O–H groups in total. The van der Waals surface area contributed by atoms with E-state index in [1.54, 1.807) is 14.2 Å². The van der Waals surface area contributed by atoms with Gasteiger partial charge >= 0.3 is 9.28 Å². The van der Waals surface area contributed by atoms with Gasteiger partial charge in [0.2, 0.25) is 0 Å². The molecule has 0 saturated heterocycles. The second-order valence-electron chi connectivity index (χ2n) is 4.61. The van der Waals surface area contributed by atoms with E-state index in [0.717, 1.165) is 19.4 Å². The number of aryl methyl sites for hydroxylation is 1. The molecule has 0 aliphatic rings. The molecule has 1 aromatic carbocycles. The highest BCUT2D eigenvalue weighted by molar-refractivity contribution is 6.46. The minimum Gasteiger partial charge on any atom is -0.400 e. The number of nitrogens with two attached hydrogens (primary N) is 1. The predicted molar refractivity (Wildman–Crippen MR) is 81.3 cm³/mol. The molecule has 0 aromatic heterocycles. The Morgan fingerprint density at radius 1 is 1.21 bits per heavy atom. The Kier molecular flexibility index (Phi) is 7.93. The summed E-state index contributed by atoms with van der Waals surface area (Å²) in [5.74, 6) is 0. The fraction of sp³-hybridized carbons (Fsp3) is 0.571. The minimum absolute atomic E-state index is 0.0646. The van der Waals surface area contributed by atoms with Gasteiger partial charge in [-0.3, -0.25) is 0 Å². The van der Waals surface area contributed by atoms with E-state index in [0.29, 0.717) is 0 Å². The monoisotopic (exact) mass is 282 g/mol. The molecule has 108 valence electrons. The van der Waals surface area contributed by atoms with Crippen molar-refractivity contribution in [1.29, 1.82) is 0 Å². The first-order chi connectivity index (χ1) is 9.22. The largest absolute Gasteiger partial charge is 0.400 e. The lowest BCUT2D eigenvalue weighted by molar-refractivity contribution is 0.250. The van der Waals surface area contributed by atoms with Crippen molar-refractivity contribution in [3.8, 4) is 0 Å². The van der Waals surface area contributed by atoms with Crippen LogP contribution in [-0.2, 0) is 15.3 Å². The van der Waals surface area contributed by atoms with Crippen LogP contribution in [0.5, 0.6) is 0 Å². The maximum absolute atomic E-state index is 6.21. The highest BCUT2D eigenvalue weighted by Gasteiger charge is 2.29. The van der Waals surface area contributed by atoms with Crippen LogP contribution in [0.3, 0.4) is 0 Å². The SMILES string of the molecule is CCNC(N)C(CCc1ccccc1)[SiH](OC)OC. The van der Waals surface area contributed by atoms with Crippen molar-refractivity contribution < 1.29 is 8.85 Å². The first-order valence-corrected chi connectivity index (χ1v) is 8.42. The Morgan fingerprint density at radius 2 is 1.84 bits per heavy atom. The fourth-order valence-electron chi connectivity index (χ4n) is 2.30. The molecule has 0 amide bonds. The molecule has 0 saturated carbocycles. The second-order valence-corrected chi connectivity index (χ2v) is 7.15.